The third-order valence-electron chi connectivity index (χ3n) is 3.46. The molecule has 0 radical (unpaired) electrons. The van der Waals surface area contributed by atoms with E-state index in [-0.39, 0.29) is 16.9 Å². The van der Waals surface area contributed by atoms with E-state index in [0.717, 1.165) is 42.6 Å². The predicted molar refractivity (Wildman–Crippen MR) is 82.2 cm³/mol. The van der Waals surface area contributed by atoms with Gasteiger partial charge in [0.1, 0.15) is 11.6 Å². The molecule has 0 fully saturated rings. The maximum atomic E-state index is 13.1. The van der Waals surface area contributed by atoms with Crippen LogP contribution in [0.4, 0.5) is 22.0 Å². The van der Waals surface area contributed by atoms with E-state index in [2.05, 4.69) is 4.98 Å². The number of benzene rings is 2. The summed E-state index contributed by atoms with van der Waals surface area (Å²) in [5.41, 5.74) is -5.51. The Kier molecular flexibility index (Phi) is 4.31. The number of sulfone groups is 1. The van der Waals surface area contributed by atoms with Crippen LogP contribution in [0, 0.1) is 11.6 Å². The highest BCUT2D eigenvalue weighted by Gasteiger charge is 2.50. The Morgan fingerprint density at radius 3 is 1.85 bits per heavy atom. The van der Waals surface area contributed by atoms with Crippen molar-refractivity contribution in [3.8, 4) is 16.9 Å². The van der Waals surface area contributed by atoms with E-state index in [1.54, 1.807) is 0 Å². The van der Waals surface area contributed by atoms with Gasteiger partial charge < -0.3 is 0 Å². The Morgan fingerprint density at radius 1 is 0.846 bits per heavy atom. The Labute approximate surface area is 144 Å². The van der Waals surface area contributed by atoms with Crippen LogP contribution in [0.1, 0.15) is 0 Å². The van der Waals surface area contributed by atoms with E-state index in [4.69, 9.17) is 0 Å². The zero-order valence-corrected chi connectivity index (χ0v) is 13.5. The monoisotopic (exact) mass is 388 g/mol. The van der Waals surface area contributed by atoms with E-state index in [1.165, 1.54) is 12.1 Å². The normalized spacial score (nSPS) is 12.3. The topological polar surface area (TPSA) is 52.0 Å². The molecule has 0 spiro atoms. The molecule has 10 heteroatoms. The summed E-state index contributed by atoms with van der Waals surface area (Å²) in [4.78, 5) is 3.59. The highest BCUT2D eigenvalue weighted by Crippen LogP contribution is 2.33. The van der Waals surface area contributed by atoms with Crippen molar-refractivity contribution in [3.05, 3.63) is 66.4 Å². The molecule has 26 heavy (non-hydrogen) atoms. The summed E-state index contributed by atoms with van der Waals surface area (Å²) in [5.74, 6) is -1.22. The minimum Gasteiger partial charge on any atom is -0.290 e. The zero-order chi connectivity index (χ0) is 19.1. The lowest BCUT2D eigenvalue weighted by Crippen LogP contribution is -2.26. The SMILES string of the molecule is O=S(=O)(c1nc(-c2ccc(F)cc2)cn1-c1ccc(F)cc1)C(F)(F)F. The molecule has 0 saturated heterocycles. The molecule has 3 aromatic rings. The smallest absolute Gasteiger partial charge is 0.290 e. The van der Waals surface area contributed by atoms with Crippen LogP contribution in [0.5, 0.6) is 0 Å². The van der Waals surface area contributed by atoms with Gasteiger partial charge in [0, 0.05) is 17.4 Å². The van der Waals surface area contributed by atoms with Crippen molar-refractivity contribution >= 4 is 9.84 Å². The largest absolute Gasteiger partial charge is 0.504 e. The van der Waals surface area contributed by atoms with Crippen molar-refractivity contribution in [1.82, 2.24) is 9.55 Å². The van der Waals surface area contributed by atoms with Crippen LogP contribution < -0.4 is 0 Å². The number of imidazole rings is 1. The van der Waals surface area contributed by atoms with E-state index in [9.17, 15) is 30.4 Å². The molecule has 0 aliphatic carbocycles. The number of nitrogens with zero attached hydrogens (tertiary/aromatic N) is 2. The molecule has 0 aliphatic heterocycles. The highest BCUT2D eigenvalue weighted by atomic mass is 32.2. The number of hydrogen-bond acceptors (Lipinski definition) is 3. The lowest BCUT2D eigenvalue weighted by molar-refractivity contribution is -0.0441. The Bertz CT molecular complexity index is 1040. The summed E-state index contributed by atoms with van der Waals surface area (Å²) in [6.45, 7) is 0. The number of aromatic nitrogens is 2. The molecule has 1 aromatic heterocycles. The molecule has 3 rings (SSSR count). The van der Waals surface area contributed by atoms with Crippen molar-refractivity contribution in [3.63, 3.8) is 0 Å². The molecule has 2 aromatic carbocycles. The highest BCUT2D eigenvalue weighted by molar-refractivity contribution is 7.92. The van der Waals surface area contributed by atoms with Gasteiger partial charge in [0.15, 0.2) is 0 Å². The minimum absolute atomic E-state index is 0.0323. The van der Waals surface area contributed by atoms with Gasteiger partial charge in [-0.1, -0.05) is 0 Å². The van der Waals surface area contributed by atoms with Crippen molar-refractivity contribution in [2.24, 2.45) is 0 Å². The average Bonchev–Trinajstić information content (AvgIpc) is 3.01. The van der Waals surface area contributed by atoms with E-state index in [0.29, 0.717) is 4.57 Å². The minimum atomic E-state index is -5.78. The molecule has 0 atom stereocenters. The Hall–Kier alpha value is -2.75. The summed E-state index contributed by atoms with van der Waals surface area (Å²) in [5, 5.41) is -1.27. The molecular weight excluding hydrogens is 379 g/mol. The van der Waals surface area contributed by atoms with Gasteiger partial charge in [0.05, 0.1) is 5.69 Å². The molecule has 0 bridgehead atoms. The number of alkyl halides is 3. The van der Waals surface area contributed by atoms with Gasteiger partial charge >= 0.3 is 15.3 Å². The van der Waals surface area contributed by atoms with Crippen molar-refractivity contribution in [1.29, 1.82) is 0 Å². The zero-order valence-electron chi connectivity index (χ0n) is 12.7. The second-order valence-electron chi connectivity index (χ2n) is 5.21. The van der Waals surface area contributed by atoms with Crippen LogP contribution in [0.3, 0.4) is 0 Å². The molecule has 0 amide bonds. The van der Waals surface area contributed by atoms with Gasteiger partial charge in [-0.25, -0.2) is 22.2 Å². The maximum Gasteiger partial charge on any atom is 0.504 e. The first kappa shape index (κ1) is 18.1. The number of hydrogen-bond donors (Lipinski definition) is 0. The van der Waals surface area contributed by atoms with Crippen LogP contribution in [-0.4, -0.2) is 23.5 Å². The summed E-state index contributed by atoms with van der Waals surface area (Å²) < 4.78 is 89.5. The molecule has 1 heterocycles. The van der Waals surface area contributed by atoms with Crippen LogP contribution in [0.15, 0.2) is 59.9 Å². The summed E-state index contributed by atoms with van der Waals surface area (Å²) in [6.07, 6.45) is 1.05. The molecule has 0 N–H and O–H groups in total. The fourth-order valence-corrected chi connectivity index (χ4v) is 3.05. The summed E-state index contributed by atoms with van der Waals surface area (Å²) in [6, 6.07) is 8.77. The first-order valence-corrected chi connectivity index (χ1v) is 8.50. The second-order valence-corrected chi connectivity index (χ2v) is 7.05. The maximum absolute atomic E-state index is 13.1. The van der Waals surface area contributed by atoms with Gasteiger partial charge in [-0.3, -0.25) is 4.57 Å². The number of halogens is 5. The van der Waals surface area contributed by atoms with Gasteiger partial charge in [0.25, 0.3) is 0 Å². The van der Waals surface area contributed by atoms with Crippen LogP contribution in [0.25, 0.3) is 16.9 Å². The third-order valence-corrected chi connectivity index (χ3v) is 4.84. The van der Waals surface area contributed by atoms with Gasteiger partial charge in [0.2, 0.25) is 5.16 Å². The van der Waals surface area contributed by atoms with Crippen LogP contribution in [-0.2, 0) is 9.84 Å². The lowest BCUT2D eigenvalue weighted by atomic mass is 10.2. The van der Waals surface area contributed by atoms with Gasteiger partial charge in [-0.2, -0.15) is 13.2 Å². The Morgan fingerprint density at radius 2 is 1.35 bits per heavy atom. The van der Waals surface area contributed by atoms with Crippen molar-refractivity contribution < 1.29 is 30.4 Å². The van der Waals surface area contributed by atoms with Crippen LogP contribution >= 0.6 is 0 Å². The van der Waals surface area contributed by atoms with E-state index < -0.39 is 32.1 Å². The summed E-state index contributed by atoms with van der Waals surface area (Å²) >= 11 is 0. The lowest BCUT2D eigenvalue weighted by Gasteiger charge is -2.10. The second kappa shape index (κ2) is 6.20. The molecular formula is C16H9F5N2O2S. The average molecular weight is 388 g/mol. The fraction of sp³-hybridized carbons (Fsp3) is 0.0625. The first-order chi connectivity index (χ1) is 12.1. The first-order valence-electron chi connectivity index (χ1n) is 7.02. The fourth-order valence-electron chi connectivity index (χ4n) is 2.20. The van der Waals surface area contributed by atoms with E-state index in [1.807, 2.05) is 0 Å². The van der Waals surface area contributed by atoms with Crippen LogP contribution in [0.2, 0.25) is 0 Å². The Balaban J connectivity index is 2.24. The van der Waals surface area contributed by atoms with Gasteiger partial charge in [-0.05, 0) is 48.5 Å². The standard InChI is InChI=1S/C16H9F5N2O2S/c17-11-3-1-10(2-4-11)14-9-23(13-7-5-12(18)6-8-13)15(22-14)26(24,25)16(19,20)21/h1-9H. The quantitative estimate of drug-likeness (QED) is 0.635. The van der Waals surface area contributed by atoms with E-state index >= 15 is 0 Å². The molecule has 136 valence electrons. The predicted octanol–water partition coefficient (Wildman–Crippen LogP) is 4.11. The molecule has 0 aliphatic rings. The molecule has 0 saturated carbocycles. The molecule has 4 nitrogen and oxygen atoms in total. The molecule has 0 unspecified atom stereocenters. The summed E-state index contributed by atoms with van der Waals surface area (Å²) in [7, 11) is -5.78. The van der Waals surface area contributed by atoms with Crippen molar-refractivity contribution in [2.45, 2.75) is 10.7 Å². The number of rotatable bonds is 3. The van der Waals surface area contributed by atoms with Crippen molar-refractivity contribution in [2.75, 3.05) is 0 Å². The van der Waals surface area contributed by atoms with Gasteiger partial charge in [-0.15, -0.1) is 0 Å². The third kappa shape index (κ3) is 3.19.